The summed E-state index contributed by atoms with van der Waals surface area (Å²) in [6.07, 6.45) is 8.96. The van der Waals surface area contributed by atoms with E-state index in [4.69, 9.17) is 10.1 Å². The van der Waals surface area contributed by atoms with Crippen molar-refractivity contribution < 1.29 is 4.74 Å². The zero-order chi connectivity index (χ0) is 11.7. The fraction of sp³-hybridized carbons (Fsp3) is 0.769. The van der Waals surface area contributed by atoms with E-state index in [2.05, 4.69) is 10.6 Å². The predicted octanol–water partition coefficient (Wildman–Crippen LogP) is 1.04. The minimum atomic E-state index is 0.0538. The van der Waals surface area contributed by atoms with Gasteiger partial charge in [0.15, 0.2) is 0 Å². The maximum absolute atomic E-state index is 7.51. The van der Waals surface area contributed by atoms with Gasteiger partial charge in [-0.25, -0.2) is 0 Å². The normalized spacial score (nSPS) is 34.5. The van der Waals surface area contributed by atoms with E-state index in [9.17, 15) is 0 Å². The summed E-state index contributed by atoms with van der Waals surface area (Å²) in [7, 11) is 0. The van der Waals surface area contributed by atoms with Crippen molar-refractivity contribution in [3.05, 3.63) is 11.8 Å². The summed E-state index contributed by atoms with van der Waals surface area (Å²) in [6.45, 7) is 1.80. The van der Waals surface area contributed by atoms with Crippen LogP contribution in [0.3, 0.4) is 0 Å². The van der Waals surface area contributed by atoms with Gasteiger partial charge >= 0.3 is 0 Å². The first-order chi connectivity index (χ1) is 8.36. The van der Waals surface area contributed by atoms with E-state index in [0.29, 0.717) is 12.1 Å². The Morgan fingerprint density at radius 3 is 2.71 bits per heavy atom. The van der Waals surface area contributed by atoms with Gasteiger partial charge in [-0.1, -0.05) is 0 Å². The summed E-state index contributed by atoms with van der Waals surface area (Å²) in [4.78, 5) is 0. The summed E-state index contributed by atoms with van der Waals surface area (Å²) >= 11 is 0. The van der Waals surface area contributed by atoms with Crippen molar-refractivity contribution in [3.8, 4) is 0 Å². The van der Waals surface area contributed by atoms with Gasteiger partial charge in [-0.15, -0.1) is 0 Å². The van der Waals surface area contributed by atoms with E-state index in [1.165, 1.54) is 31.9 Å². The maximum Gasteiger partial charge on any atom is 0.0982 e. The molecule has 0 radical (unpaired) electrons. The van der Waals surface area contributed by atoms with Crippen LogP contribution in [0.15, 0.2) is 11.8 Å². The Morgan fingerprint density at radius 2 is 2.06 bits per heavy atom. The summed E-state index contributed by atoms with van der Waals surface area (Å²) in [5, 5.41) is 14.3. The van der Waals surface area contributed by atoms with Gasteiger partial charge in [-0.05, 0) is 31.6 Å². The molecule has 3 N–H and O–H groups in total. The Kier molecular flexibility index (Phi) is 3.16. The van der Waals surface area contributed by atoms with Crippen LogP contribution in [-0.2, 0) is 4.74 Å². The average molecular weight is 235 g/mol. The first kappa shape index (κ1) is 11.2. The second-order valence-electron chi connectivity index (χ2n) is 5.39. The molecule has 3 fully saturated rings. The fourth-order valence-corrected chi connectivity index (χ4v) is 2.30. The van der Waals surface area contributed by atoms with Crippen molar-refractivity contribution in [3.63, 3.8) is 0 Å². The van der Waals surface area contributed by atoms with Crippen LogP contribution >= 0.6 is 0 Å². The molecule has 3 rings (SSSR count). The number of hydrogen-bond acceptors (Lipinski definition) is 4. The third-order valence-electron chi connectivity index (χ3n) is 3.76. The topological polar surface area (TPSA) is 57.1 Å². The molecule has 1 aliphatic heterocycles. The Morgan fingerprint density at radius 1 is 1.24 bits per heavy atom. The van der Waals surface area contributed by atoms with Crippen molar-refractivity contribution in [1.29, 1.82) is 5.41 Å². The lowest BCUT2D eigenvalue weighted by atomic mass is 10.1. The molecule has 0 aromatic rings. The SMILES string of the molecule is N=C/C(=C\NC1CC1)[C@H]1CNC[C@@H](C2CC2)O1. The van der Waals surface area contributed by atoms with Crippen LogP contribution in [-0.4, -0.2) is 37.6 Å². The number of morpholine rings is 1. The highest BCUT2D eigenvalue weighted by molar-refractivity contribution is 5.77. The van der Waals surface area contributed by atoms with Gasteiger partial charge in [-0.3, -0.25) is 0 Å². The lowest BCUT2D eigenvalue weighted by Crippen LogP contribution is -2.46. The van der Waals surface area contributed by atoms with Gasteiger partial charge in [0.1, 0.15) is 0 Å². The molecule has 1 saturated heterocycles. The van der Waals surface area contributed by atoms with Gasteiger partial charge in [0.05, 0.1) is 12.2 Å². The monoisotopic (exact) mass is 235 g/mol. The second-order valence-corrected chi connectivity index (χ2v) is 5.39. The van der Waals surface area contributed by atoms with E-state index in [1.54, 1.807) is 0 Å². The minimum absolute atomic E-state index is 0.0538. The average Bonchev–Trinajstić information content (AvgIpc) is 3.23. The van der Waals surface area contributed by atoms with Crippen LogP contribution in [0.1, 0.15) is 25.7 Å². The highest BCUT2D eigenvalue weighted by Crippen LogP contribution is 2.35. The van der Waals surface area contributed by atoms with Gasteiger partial charge in [0, 0.05) is 37.1 Å². The molecule has 4 nitrogen and oxygen atoms in total. The van der Waals surface area contributed by atoms with E-state index in [0.717, 1.165) is 24.6 Å². The smallest absolute Gasteiger partial charge is 0.0982 e. The third-order valence-corrected chi connectivity index (χ3v) is 3.76. The molecule has 17 heavy (non-hydrogen) atoms. The van der Waals surface area contributed by atoms with Crippen LogP contribution in [0.25, 0.3) is 0 Å². The van der Waals surface area contributed by atoms with Crippen LogP contribution < -0.4 is 10.6 Å². The van der Waals surface area contributed by atoms with E-state index < -0.39 is 0 Å². The Bertz CT molecular complexity index is 321. The summed E-state index contributed by atoms with van der Waals surface area (Å²) < 4.78 is 6.09. The lowest BCUT2D eigenvalue weighted by Gasteiger charge is -2.31. The molecule has 2 atom stereocenters. The standard InChI is InChI=1S/C13H21N3O/c14-5-10(6-16-11-3-4-11)13-8-15-7-12(17-13)9-1-2-9/h5-6,9,11-16H,1-4,7-8H2/b10-6+,14-5?/t12-,13+/m0/s1. The van der Waals surface area contributed by atoms with Gasteiger partial charge in [-0.2, -0.15) is 0 Å². The molecule has 0 spiro atoms. The molecule has 2 aliphatic carbocycles. The number of nitrogens with one attached hydrogen (secondary N) is 3. The number of rotatable bonds is 5. The number of hydrogen-bond donors (Lipinski definition) is 3. The van der Waals surface area contributed by atoms with Crippen LogP contribution in [0, 0.1) is 11.3 Å². The molecule has 0 amide bonds. The molecule has 0 aromatic carbocycles. The Hall–Kier alpha value is -0.870. The maximum atomic E-state index is 7.51. The second kappa shape index (κ2) is 4.78. The quantitative estimate of drug-likeness (QED) is 0.624. The van der Waals surface area contributed by atoms with Crippen molar-refractivity contribution >= 4 is 6.21 Å². The van der Waals surface area contributed by atoms with Gasteiger partial charge in [0.2, 0.25) is 0 Å². The molecule has 1 heterocycles. The van der Waals surface area contributed by atoms with E-state index in [-0.39, 0.29) is 6.10 Å². The molecule has 4 heteroatoms. The molecule has 94 valence electrons. The van der Waals surface area contributed by atoms with Gasteiger partial charge in [0.25, 0.3) is 0 Å². The Labute approximate surface area is 102 Å². The van der Waals surface area contributed by atoms with E-state index >= 15 is 0 Å². The zero-order valence-corrected chi connectivity index (χ0v) is 10.1. The largest absolute Gasteiger partial charge is 0.388 e. The molecule has 0 aromatic heterocycles. The van der Waals surface area contributed by atoms with Gasteiger partial charge < -0.3 is 20.8 Å². The fourth-order valence-electron chi connectivity index (χ4n) is 2.30. The summed E-state index contributed by atoms with van der Waals surface area (Å²) in [5.41, 5.74) is 0.967. The van der Waals surface area contributed by atoms with Crippen molar-refractivity contribution in [2.45, 2.75) is 43.9 Å². The molecular formula is C13H21N3O. The third kappa shape index (κ3) is 2.87. The molecule has 0 unspecified atom stereocenters. The highest BCUT2D eigenvalue weighted by Gasteiger charge is 2.36. The summed E-state index contributed by atoms with van der Waals surface area (Å²) in [5.74, 6) is 0.758. The predicted molar refractivity (Wildman–Crippen MR) is 67.3 cm³/mol. The van der Waals surface area contributed by atoms with Crippen LogP contribution in [0.2, 0.25) is 0 Å². The first-order valence-electron chi connectivity index (χ1n) is 6.69. The zero-order valence-electron chi connectivity index (χ0n) is 10.1. The van der Waals surface area contributed by atoms with Crippen molar-refractivity contribution in [1.82, 2.24) is 10.6 Å². The van der Waals surface area contributed by atoms with Crippen LogP contribution in [0.4, 0.5) is 0 Å². The summed E-state index contributed by atoms with van der Waals surface area (Å²) in [6, 6.07) is 0.640. The van der Waals surface area contributed by atoms with Crippen molar-refractivity contribution in [2.75, 3.05) is 13.1 Å². The molecule has 0 bridgehead atoms. The van der Waals surface area contributed by atoms with E-state index in [1.807, 2.05) is 6.20 Å². The van der Waals surface area contributed by atoms with Crippen molar-refractivity contribution in [2.24, 2.45) is 5.92 Å². The minimum Gasteiger partial charge on any atom is -0.388 e. The lowest BCUT2D eigenvalue weighted by molar-refractivity contribution is -0.0269. The molecular weight excluding hydrogens is 214 g/mol. The molecule has 3 aliphatic rings. The Balaban J connectivity index is 1.59. The highest BCUT2D eigenvalue weighted by atomic mass is 16.5. The molecule has 2 saturated carbocycles. The van der Waals surface area contributed by atoms with Crippen LogP contribution in [0.5, 0.6) is 0 Å². The first-order valence-corrected chi connectivity index (χ1v) is 6.69. The number of ether oxygens (including phenoxy) is 1.